The molecule has 1 atom stereocenters. The van der Waals surface area contributed by atoms with E-state index >= 15 is 0 Å². The fourth-order valence-electron chi connectivity index (χ4n) is 2.25. The molecule has 112 valence electrons. The van der Waals surface area contributed by atoms with Gasteiger partial charge in [-0.25, -0.2) is 4.39 Å². The normalized spacial score (nSPS) is 12.2. The largest absolute Gasteiger partial charge is 0.497 e. The molecule has 2 aromatic carbocycles. The Kier molecular flexibility index (Phi) is 5.59. The van der Waals surface area contributed by atoms with E-state index in [1.807, 2.05) is 18.2 Å². The first-order valence-corrected chi connectivity index (χ1v) is 7.35. The SMILES string of the molecule is CCCNC(c1cccc(F)c1)c1ccc(OC)cc1Cl. The molecule has 0 heterocycles. The summed E-state index contributed by atoms with van der Waals surface area (Å²) in [5.41, 5.74) is 1.77. The van der Waals surface area contributed by atoms with Crippen molar-refractivity contribution in [1.82, 2.24) is 5.32 Å². The van der Waals surface area contributed by atoms with E-state index in [0.717, 1.165) is 24.1 Å². The van der Waals surface area contributed by atoms with E-state index in [0.29, 0.717) is 10.8 Å². The Morgan fingerprint density at radius 2 is 2.05 bits per heavy atom. The molecule has 0 aliphatic rings. The Bertz CT molecular complexity index is 603. The zero-order chi connectivity index (χ0) is 15.2. The van der Waals surface area contributed by atoms with Gasteiger partial charge < -0.3 is 10.1 Å². The summed E-state index contributed by atoms with van der Waals surface area (Å²) in [7, 11) is 1.60. The highest BCUT2D eigenvalue weighted by atomic mass is 35.5. The van der Waals surface area contributed by atoms with E-state index < -0.39 is 0 Å². The molecule has 4 heteroatoms. The van der Waals surface area contributed by atoms with Crippen molar-refractivity contribution < 1.29 is 9.13 Å². The Morgan fingerprint density at radius 1 is 1.24 bits per heavy atom. The van der Waals surface area contributed by atoms with Gasteiger partial charge in [-0.1, -0.05) is 36.7 Å². The molecule has 2 aromatic rings. The lowest BCUT2D eigenvalue weighted by Gasteiger charge is -2.21. The average molecular weight is 308 g/mol. The third-order valence-electron chi connectivity index (χ3n) is 3.30. The van der Waals surface area contributed by atoms with Crippen LogP contribution in [-0.4, -0.2) is 13.7 Å². The van der Waals surface area contributed by atoms with E-state index in [9.17, 15) is 4.39 Å². The van der Waals surface area contributed by atoms with Crippen molar-refractivity contribution in [3.8, 4) is 5.75 Å². The maximum Gasteiger partial charge on any atom is 0.123 e. The lowest BCUT2D eigenvalue weighted by molar-refractivity contribution is 0.414. The van der Waals surface area contributed by atoms with Crippen LogP contribution in [0.4, 0.5) is 4.39 Å². The fourth-order valence-corrected chi connectivity index (χ4v) is 2.53. The lowest BCUT2D eigenvalue weighted by Crippen LogP contribution is -2.23. The minimum atomic E-state index is -0.250. The highest BCUT2D eigenvalue weighted by molar-refractivity contribution is 6.31. The van der Waals surface area contributed by atoms with Crippen LogP contribution in [0, 0.1) is 5.82 Å². The molecule has 0 aromatic heterocycles. The molecular formula is C17H19ClFNO. The molecule has 0 bridgehead atoms. The Labute approximate surface area is 129 Å². The molecule has 0 amide bonds. The Hall–Kier alpha value is -1.58. The van der Waals surface area contributed by atoms with Crippen LogP contribution in [0.1, 0.15) is 30.5 Å². The van der Waals surface area contributed by atoms with Crippen molar-refractivity contribution in [2.24, 2.45) is 0 Å². The lowest BCUT2D eigenvalue weighted by atomic mass is 9.98. The van der Waals surface area contributed by atoms with Crippen LogP contribution in [0.2, 0.25) is 5.02 Å². The summed E-state index contributed by atoms with van der Waals surface area (Å²) in [4.78, 5) is 0. The second-order valence-corrected chi connectivity index (χ2v) is 5.24. The minimum Gasteiger partial charge on any atom is -0.497 e. The highest BCUT2D eigenvalue weighted by Crippen LogP contribution is 2.31. The zero-order valence-electron chi connectivity index (χ0n) is 12.2. The molecule has 0 fully saturated rings. The Balaban J connectivity index is 2.40. The number of hydrogen-bond acceptors (Lipinski definition) is 2. The van der Waals surface area contributed by atoms with Gasteiger partial charge in [0.1, 0.15) is 11.6 Å². The third-order valence-corrected chi connectivity index (χ3v) is 3.63. The van der Waals surface area contributed by atoms with Crippen LogP contribution in [0.15, 0.2) is 42.5 Å². The highest BCUT2D eigenvalue weighted by Gasteiger charge is 2.17. The van der Waals surface area contributed by atoms with Gasteiger partial charge >= 0.3 is 0 Å². The minimum absolute atomic E-state index is 0.140. The predicted octanol–water partition coefficient (Wildman–Crippen LogP) is 4.58. The molecule has 0 saturated heterocycles. The maximum absolute atomic E-state index is 13.5. The third kappa shape index (κ3) is 3.96. The molecule has 0 aliphatic heterocycles. The summed E-state index contributed by atoms with van der Waals surface area (Å²) >= 11 is 6.36. The monoisotopic (exact) mass is 307 g/mol. The van der Waals surface area contributed by atoms with Gasteiger partial charge in [0.15, 0.2) is 0 Å². The summed E-state index contributed by atoms with van der Waals surface area (Å²) in [6.07, 6.45) is 0.986. The zero-order valence-corrected chi connectivity index (χ0v) is 13.0. The molecule has 0 aliphatic carbocycles. The predicted molar refractivity (Wildman–Crippen MR) is 84.5 cm³/mol. The number of halogens is 2. The van der Waals surface area contributed by atoms with Crippen molar-refractivity contribution in [3.63, 3.8) is 0 Å². The molecule has 0 radical (unpaired) electrons. The van der Waals surface area contributed by atoms with Crippen molar-refractivity contribution in [2.45, 2.75) is 19.4 Å². The molecule has 0 saturated carbocycles. The van der Waals surface area contributed by atoms with Gasteiger partial charge in [-0.2, -0.15) is 0 Å². The van der Waals surface area contributed by atoms with Crippen LogP contribution in [0.3, 0.4) is 0 Å². The van der Waals surface area contributed by atoms with E-state index in [-0.39, 0.29) is 11.9 Å². The first-order valence-electron chi connectivity index (χ1n) is 6.98. The standard InChI is InChI=1S/C17H19ClFNO/c1-3-9-20-17(12-5-4-6-13(19)10-12)15-8-7-14(21-2)11-16(15)18/h4-8,10-11,17,20H,3,9H2,1-2H3. The number of hydrogen-bond donors (Lipinski definition) is 1. The molecular weight excluding hydrogens is 289 g/mol. The van der Waals surface area contributed by atoms with Crippen LogP contribution in [-0.2, 0) is 0 Å². The number of ether oxygens (including phenoxy) is 1. The molecule has 21 heavy (non-hydrogen) atoms. The van der Waals surface area contributed by atoms with Crippen LogP contribution in [0.5, 0.6) is 5.75 Å². The molecule has 2 nitrogen and oxygen atoms in total. The summed E-state index contributed by atoms with van der Waals surface area (Å²) in [5, 5.41) is 4.02. The smallest absolute Gasteiger partial charge is 0.123 e. The van der Waals surface area contributed by atoms with Gasteiger partial charge in [0.2, 0.25) is 0 Å². The second-order valence-electron chi connectivity index (χ2n) is 4.83. The summed E-state index contributed by atoms with van der Waals surface area (Å²) < 4.78 is 18.7. The van der Waals surface area contributed by atoms with Crippen LogP contribution in [0.25, 0.3) is 0 Å². The summed E-state index contributed by atoms with van der Waals surface area (Å²) in [5.74, 6) is 0.456. The molecule has 1 unspecified atom stereocenters. The first kappa shape index (κ1) is 15.8. The fraction of sp³-hybridized carbons (Fsp3) is 0.294. The van der Waals surface area contributed by atoms with Crippen molar-refractivity contribution in [1.29, 1.82) is 0 Å². The average Bonchev–Trinajstić information content (AvgIpc) is 2.49. The molecule has 0 spiro atoms. The van der Waals surface area contributed by atoms with Gasteiger partial charge in [0.25, 0.3) is 0 Å². The second kappa shape index (κ2) is 7.43. The van der Waals surface area contributed by atoms with Gasteiger partial charge in [-0.3, -0.25) is 0 Å². The van der Waals surface area contributed by atoms with E-state index in [1.54, 1.807) is 19.2 Å². The topological polar surface area (TPSA) is 21.3 Å². The quantitative estimate of drug-likeness (QED) is 0.843. The van der Waals surface area contributed by atoms with Gasteiger partial charge in [-0.15, -0.1) is 0 Å². The maximum atomic E-state index is 13.5. The summed E-state index contributed by atoms with van der Waals surface area (Å²) in [6.45, 7) is 2.91. The van der Waals surface area contributed by atoms with Gasteiger partial charge in [0.05, 0.1) is 13.2 Å². The van der Waals surface area contributed by atoms with Crippen molar-refractivity contribution in [2.75, 3.05) is 13.7 Å². The van der Waals surface area contributed by atoms with E-state index in [2.05, 4.69) is 12.2 Å². The van der Waals surface area contributed by atoms with Crippen molar-refractivity contribution in [3.05, 3.63) is 64.4 Å². The Morgan fingerprint density at radius 3 is 2.67 bits per heavy atom. The summed E-state index contributed by atoms with van der Waals surface area (Å²) in [6, 6.07) is 12.0. The molecule has 1 N–H and O–H groups in total. The van der Waals surface area contributed by atoms with E-state index in [4.69, 9.17) is 16.3 Å². The number of rotatable bonds is 6. The van der Waals surface area contributed by atoms with Crippen LogP contribution >= 0.6 is 11.6 Å². The van der Waals surface area contributed by atoms with Crippen molar-refractivity contribution >= 4 is 11.6 Å². The number of benzene rings is 2. The number of nitrogens with one attached hydrogen (secondary N) is 1. The number of methoxy groups -OCH3 is 1. The van der Waals surface area contributed by atoms with Gasteiger partial charge in [0, 0.05) is 5.02 Å². The van der Waals surface area contributed by atoms with Crippen LogP contribution < -0.4 is 10.1 Å². The van der Waals surface area contributed by atoms with E-state index in [1.165, 1.54) is 12.1 Å². The molecule has 2 rings (SSSR count). The first-order chi connectivity index (χ1) is 10.2. The van der Waals surface area contributed by atoms with Gasteiger partial charge in [-0.05, 0) is 48.4 Å².